The van der Waals surface area contributed by atoms with Crippen molar-refractivity contribution < 1.29 is 33.1 Å². The lowest BCUT2D eigenvalue weighted by Crippen LogP contribution is -2.54. The van der Waals surface area contributed by atoms with Crippen LogP contribution in [-0.4, -0.2) is 77.0 Å². The van der Waals surface area contributed by atoms with Crippen LogP contribution in [0.1, 0.15) is 96.9 Å². The molecular weight excluding hydrogens is 584 g/mol. The molecule has 0 heterocycles. The van der Waals surface area contributed by atoms with Gasteiger partial charge in [0, 0.05) is 54.9 Å². The minimum Gasteiger partial charge on any atom is -0.390 e. The van der Waals surface area contributed by atoms with Gasteiger partial charge in [-0.15, -0.1) is 0 Å². The van der Waals surface area contributed by atoms with Crippen LogP contribution in [0.5, 0.6) is 0 Å². The molecule has 0 aliphatic rings. The van der Waals surface area contributed by atoms with Crippen LogP contribution in [0.3, 0.4) is 0 Å². The van der Waals surface area contributed by atoms with Gasteiger partial charge in [-0.05, 0) is 61.6 Å². The first-order valence-corrected chi connectivity index (χ1v) is 15.5. The minimum atomic E-state index is -1.31. The molecule has 0 saturated carbocycles. The van der Waals surface area contributed by atoms with Crippen LogP contribution in [0, 0.1) is 17.6 Å². The summed E-state index contributed by atoms with van der Waals surface area (Å²) in [7, 11) is 0. The number of primary amides is 1. The van der Waals surface area contributed by atoms with E-state index in [0.29, 0.717) is 38.9 Å². The number of benzene rings is 2. The molecule has 10 nitrogen and oxygen atoms in total. The van der Waals surface area contributed by atoms with Gasteiger partial charge in [0.25, 0.3) is 11.8 Å². The number of carbonyl (C=O) groups excluding carboxylic acids is 4. The van der Waals surface area contributed by atoms with Crippen LogP contribution in [0.15, 0.2) is 36.4 Å². The molecule has 0 aliphatic carbocycles. The zero-order valence-corrected chi connectivity index (χ0v) is 26.9. The minimum absolute atomic E-state index is 0.0506. The van der Waals surface area contributed by atoms with Crippen molar-refractivity contribution in [2.24, 2.45) is 11.7 Å². The first-order chi connectivity index (χ1) is 21.3. The van der Waals surface area contributed by atoms with E-state index in [0.717, 1.165) is 24.6 Å². The van der Waals surface area contributed by atoms with Crippen LogP contribution in [0.2, 0.25) is 0 Å². The lowest BCUT2D eigenvalue weighted by Gasteiger charge is -2.31. The Morgan fingerprint density at radius 2 is 1.42 bits per heavy atom. The van der Waals surface area contributed by atoms with Gasteiger partial charge in [0.2, 0.25) is 11.8 Å². The molecule has 45 heavy (non-hydrogen) atoms. The van der Waals surface area contributed by atoms with E-state index in [1.165, 1.54) is 18.2 Å². The van der Waals surface area contributed by atoms with Crippen LogP contribution in [0.25, 0.3) is 0 Å². The van der Waals surface area contributed by atoms with Gasteiger partial charge >= 0.3 is 0 Å². The molecule has 0 aliphatic heterocycles. The fourth-order valence-electron chi connectivity index (χ4n) is 4.76. The summed E-state index contributed by atoms with van der Waals surface area (Å²) in [6.07, 6.45) is 1.47. The number of carbonyl (C=O) groups is 4. The highest BCUT2D eigenvalue weighted by Gasteiger charge is 2.27. The predicted molar refractivity (Wildman–Crippen MR) is 168 cm³/mol. The third kappa shape index (κ3) is 11.8. The molecule has 0 bridgehead atoms. The first-order valence-electron chi connectivity index (χ1n) is 15.5. The average Bonchev–Trinajstić information content (AvgIpc) is 2.98. The fourth-order valence-corrected chi connectivity index (χ4v) is 4.76. The maximum atomic E-state index is 14.1. The molecule has 2 aromatic rings. The summed E-state index contributed by atoms with van der Waals surface area (Å²) in [6.45, 7) is 10.6. The van der Waals surface area contributed by atoms with Gasteiger partial charge < -0.3 is 21.1 Å². The van der Waals surface area contributed by atoms with Crippen LogP contribution < -0.4 is 16.5 Å². The number of halogens is 2. The van der Waals surface area contributed by atoms with Crippen molar-refractivity contribution in [1.82, 2.24) is 20.7 Å². The van der Waals surface area contributed by atoms with Crippen LogP contribution in [0.4, 0.5) is 8.78 Å². The van der Waals surface area contributed by atoms with E-state index in [-0.39, 0.29) is 53.0 Å². The Bertz CT molecular complexity index is 1300. The maximum Gasteiger partial charge on any atom is 0.253 e. The Morgan fingerprint density at radius 3 is 1.96 bits per heavy atom. The van der Waals surface area contributed by atoms with E-state index >= 15 is 0 Å². The summed E-state index contributed by atoms with van der Waals surface area (Å²) in [5, 5.41) is 15.6. The van der Waals surface area contributed by atoms with E-state index in [4.69, 9.17) is 5.73 Å². The second kappa shape index (κ2) is 18.2. The van der Waals surface area contributed by atoms with Crippen molar-refractivity contribution >= 4 is 23.6 Å². The number of aliphatic hydroxyl groups is 1. The van der Waals surface area contributed by atoms with Gasteiger partial charge in [-0.25, -0.2) is 13.8 Å². The fraction of sp³-hybridized carbons (Fsp3) is 0.515. The Hall–Kier alpha value is -3.90. The lowest BCUT2D eigenvalue weighted by atomic mass is 9.99. The molecule has 4 amide bonds. The van der Waals surface area contributed by atoms with Gasteiger partial charge in [0.15, 0.2) is 0 Å². The third-order valence-corrected chi connectivity index (χ3v) is 7.14. The number of hydrogen-bond acceptors (Lipinski definition) is 6. The smallest absolute Gasteiger partial charge is 0.253 e. The number of nitrogens with zero attached hydrogens (tertiary/aromatic N) is 2. The summed E-state index contributed by atoms with van der Waals surface area (Å²) in [5.74, 6) is -4.16. The zero-order valence-electron chi connectivity index (χ0n) is 26.9. The molecule has 12 heteroatoms. The highest BCUT2D eigenvalue weighted by Crippen LogP contribution is 2.17. The molecule has 0 radical (unpaired) electrons. The molecule has 2 aromatic carbocycles. The number of amides is 4. The van der Waals surface area contributed by atoms with E-state index in [1.807, 2.05) is 20.8 Å². The summed E-state index contributed by atoms with van der Waals surface area (Å²) < 4.78 is 28.1. The average molecular weight is 632 g/mol. The van der Waals surface area contributed by atoms with Crippen molar-refractivity contribution in [1.29, 1.82) is 0 Å². The van der Waals surface area contributed by atoms with Gasteiger partial charge in [0.1, 0.15) is 11.6 Å². The monoisotopic (exact) mass is 631 g/mol. The second-order valence-corrected chi connectivity index (χ2v) is 11.5. The Balaban J connectivity index is 2.47. The number of aliphatic hydroxyl groups excluding tert-OH is 1. The lowest BCUT2D eigenvalue weighted by molar-refractivity contribution is -0.129. The van der Waals surface area contributed by atoms with E-state index < -0.39 is 35.6 Å². The second-order valence-electron chi connectivity index (χ2n) is 11.5. The molecule has 0 spiro atoms. The molecule has 2 rings (SSSR count). The predicted octanol–water partition coefficient (Wildman–Crippen LogP) is 3.82. The SMILES string of the molecule is CCCCN(CC(O)C(Cc1cc(F)cc(F)c1)NC(=O)c1cc(C(N)=O)cc(C(=O)N(CCC)CCC)c1)NC(=O)C(C)C. The topological polar surface area (TPSA) is 145 Å². The number of nitrogens with one attached hydrogen (secondary N) is 2. The highest BCUT2D eigenvalue weighted by atomic mass is 19.1. The molecule has 0 aromatic heterocycles. The molecule has 0 fully saturated rings. The van der Waals surface area contributed by atoms with Gasteiger partial charge in [-0.2, -0.15) is 0 Å². The van der Waals surface area contributed by atoms with Crippen molar-refractivity contribution in [2.45, 2.75) is 78.9 Å². The van der Waals surface area contributed by atoms with Crippen LogP contribution in [-0.2, 0) is 11.2 Å². The maximum absolute atomic E-state index is 14.1. The summed E-state index contributed by atoms with van der Waals surface area (Å²) in [6, 6.07) is 5.77. The number of hydrogen-bond donors (Lipinski definition) is 4. The van der Waals surface area contributed by atoms with Crippen LogP contribution >= 0.6 is 0 Å². The number of nitrogens with two attached hydrogens (primary N) is 1. The Kier molecular flexibility index (Phi) is 15.0. The van der Waals surface area contributed by atoms with E-state index in [1.54, 1.807) is 23.8 Å². The van der Waals surface area contributed by atoms with Crippen molar-refractivity contribution in [3.05, 3.63) is 70.3 Å². The van der Waals surface area contributed by atoms with Gasteiger partial charge in [-0.1, -0.05) is 41.0 Å². The van der Waals surface area contributed by atoms with Crippen molar-refractivity contribution in [3.63, 3.8) is 0 Å². The van der Waals surface area contributed by atoms with E-state index in [9.17, 15) is 33.1 Å². The van der Waals surface area contributed by atoms with Gasteiger partial charge in [0.05, 0.1) is 12.1 Å². The normalized spacial score (nSPS) is 12.6. The molecular formula is C33H47F2N5O5. The third-order valence-electron chi connectivity index (χ3n) is 7.14. The zero-order chi connectivity index (χ0) is 33.7. The molecule has 2 unspecified atom stereocenters. The largest absolute Gasteiger partial charge is 0.390 e. The Labute approximate surface area is 264 Å². The summed E-state index contributed by atoms with van der Waals surface area (Å²) in [4.78, 5) is 53.2. The quantitative estimate of drug-likeness (QED) is 0.184. The number of rotatable bonds is 18. The van der Waals surface area contributed by atoms with Crippen molar-refractivity contribution in [3.8, 4) is 0 Å². The number of hydrazine groups is 1. The highest BCUT2D eigenvalue weighted by molar-refractivity contribution is 6.04. The first kappa shape index (κ1) is 37.3. The molecule has 248 valence electrons. The molecule has 5 N–H and O–H groups in total. The van der Waals surface area contributed by atoms with E-state index in [2.05, 4.69) is 10.7 Å². The Morgan fingerprint density at radius 1 is 0.844 bits per heavy atom. The molecule has 0 saturated heterocycles. The summed E-state index contributed by atoms with van der Waals surface area (Å²) in [5.41, 5.74) is 8.49. The summed E-state index contributed by atoms with van der Waals surface area (Å²) >= 11 is 0. The van der Waals surface area contributed by atoms with Gasteiger partial charge in [-0.3, -0.25) is 24.6 Å². The molecule has 2 atom stereocenters. The number of unbranched alkanes of at least 4 members (excludes halogenated alkanes) is 1. The standard InChI is InChI=1S/C33H47F2N5O5/c1-6-9-12-40(38-31(43)21(4)5)20-29(41)28(15-22-13-26(34)19-27(35)14-22)37-32(44)24-16-23(30(36)42)17-25(18-24)33(45)39(10-7-2)11-8-3/h13-14,16-19,21,28-29,41H,6-12,15,20H2,1-5H3,(H2,36,42)(H,37,44)(H,38,43). The van der Waals surface area contributed by atoms with Crippen molar-refractivity contribution in [2.75, 3.05) is 26.2 Å².